The topological polar surface area (TPSA) is 106 Å². The summed E-state index contributed by atoms with van der Waals surface area (Å²) < 4.78 is 22.9. The molecular formula is C6H9N3O4S. The molecule has 0 bridgehead atoms. The molecule has 0 amide bonds. The van der Waals surface area contributed by atoms with Crippen molar-refractivity contribution in [3.05, 3.63) is 16.4 Å². The van der Waals surface area contributed by atoms with E-state index < -0.39 is 25.6 Å². The van der Waals surface area contributed by atoms with Crippen molar-refractivity contribution in [2.75, 3.05) is 5.75 Å². The quantitative estimate of drug-likeness (QED) is 0.586. The van der Waals surface area contributed by atoms with Crippen LogP contribution in [0.15, 0.2) is 11.4 Å². The number of nitrogens with one attached hydrogen (secondary N) is 1. The smallest absolute Gasteiger partial charge is 0.358 e. The summed E-state index contributed by atoms with van der Waals surface area (Å²) in [6.45, 7) is 1.68. The van der Waals surface area contributed by atoms with Gasteiger partial charge in [0.15, 0.2) is 6.33 Å². The molecule has 0 atom stereocenters. The standard InChI is InChI=1S/C6H9N3O4S/c1-2-3-14(12,13)6-5(9(10)11)7-4-8-6/h4H,2-3H2,1H3,(H,7,8). The second-order valence-corrected chi connectivity index (χ2v) is 4.66. The van der Waals surface area contributed by atoms with Crippen LogP contribution in [0.3, 0.4) is 0 Å². The van der Waals surface area contributed by atoms with Crippen LogP contribution >= 0.6 is 0 Å². The Balaban J connectivity index is 3.19. The summed E-state index contributed by atoms with van der Waals surface area (Å²) in [5, 5.41) is 9.92. The molecule has 0 aliphatic heterocycles. The Morgan fingerprint density at radius 1 is 1.64 bits per heavy atom. The number of hydrogen-bond donors (Lipinski definition) is 1. The van der Waals surface area contributed by atoms with Gasteiger partial charge < -0.3 is 10.1 Å². The molecule has 0 unspecified atom stereocenters. The average molecular weight is 219 g/mol. The van der Waals surface area contributed by atoms with Crippen LogP contribution < -0.4 is 0 Å². The van der Waals surface area contributed by atoms with E-state index in [1.165, 1.54) is 0 Å². The summed E-state index contributed by atoms with van der Waals surface area (Å²) in [5.41, 5.74) is 0. The number of aromatic amines is 1. The maximum absolute atomic E-state index is 11.4. The van der Waals surface area contributed by atoms with Gasteiger partial charge >= 0.3 is 5.82 Å². The van der Waals surface area contributed by atoms with E-state index in [1.807, 2.05) is 0 Å². The van der Waals surface area contributed by atoms with Gasteiger partial charge in [-0.15, -0.1) is 0 Å². The van der Waals surface area contributed by atoms with E-state index in [9.17, 15) is 18.5 Å². The monoisotopic (exact) mass is 219 g/mol. The number of imidazole rings is 1. The molecule has 1 heterocycles. The van der Waals surface area contributed by atoms with E-state index in [-0.39, 0.29) is 5.75 Å². The summed E-state index contributed by atoms with van der Waals surface area (Å²) in [5.74, 6) is -0.711. The highest BCUT2D eigenvalue weighted by atomic mass is 32.2. The zero-order valence-corrected chi connectivity index (χ0v) is 8.24. The van der Waals surface area contributed by atoms with Crippen LogP contribution in [-0.4, -0.2) is 29.1 Å². The molecule has 78 valence electrons. The summed E-state index contributed by atoms with van der Waals surface area (Å²) in [6, 6.07) is 0. The molecule has 0 aliphatic rings. The van der Waals surface area contributed by atoms with Crippen LogP contribution in [0.5, 0.6) is 0 Å². The van der Waals surface area contributed by atoms with Crippen molar-refractivity contribution in [1.29, 1.82) is 0 Å². The Morgan fingerprint density at radius 3 is 2.79 bits per heavy atom. The van der Waals surface area contributed by atoms with Gasteiger partial charge in [0, 0.05) is 0 Å². The van der Waals surface area contributed by atoms with Crippen LogP contribution in [0.2, 0.25) is 0 Å². The van der Waals surface area contributed by atoms with E-state index in [2.05, 4.69) is 9.97 Å². The van der Waals surface area contributed by atoms with Gasteiger partial charge in [0.05, 0.1) is 5.75 Å². The minimum atomic E-state index is -3.63. The first-order valence-electron chi connectivity index (χ1n) is 3.89. The molecule has 0 aromatic carbocycles. The van der Waals surface area contributed by atoms with Crippen molar-refractivity contribution in [1.82, 2.24) is 9.97 Å². The summed E-state index contributed by atoms with van der Waals surface area (Å²) in [6.07, 6.45) is 1.40. The van der Waals surface area contributed by atoms with Gasteiger partial charge in [0.25, 0.3) is 5.03 Å². The minimum absolute atomic E-state index is 0.140. The van der Waals surface area contributed by atoms with Gasteiger partial charge in [-0.2, -0.15) is 4.98 Å². The Hall–Kier alpha value is -1.44. The van der Waals surface area contributed by atoms with E-state index in [1.54, 1.807) is 6.92 Å². The van der Waals surface area contributed by atoms with Gasteiger partial charge in [-0.3, -0.25) is 0 Å². The molecule has 1 aromatic rings. The highest BCUT2D eigenvalue weighted by Gasteiger charge is 2.27. The Bertz CT molecular complexity index is 436. The number of H-pyrrole nitrogens is 1. The average Bonchev–Trinajstić information content (AvgIpc) is 2.51. The number of aromatic nitrogens is 2. The lowest BCUT2D eigenvalue weighted by Crippen LogP contribution is -2.08. The minimum Gasteiger partial charge on any atom is -0.358 e. The summed E-state index contributed by atoms with van der Waals surface area (Å²) in [7, 11) is -3.63. The second-order valence-electron chi connectivity index (χ2n) is 2.63. The fourth-order valence-electron chi connectivity index (χ4n) is 0.999. The van der Waals surface area contributed by atoms with Crippen LogP contribution in [0.25, 0.3) is 0 Å². The van der Waals surface area contributed by atoms with Gasteiger partial charge in [-0.25, -0.2) is 13.4 Å². The lowest BCUT2D eigenvalue weighted by atomic mass is 10.6. The predicted octanol–water partition coefficient (Wildman–Crippen LogP) is 0.502. The number of hydrogen-bond acceptors (Lipinski definition) is 5. The molecule has 8 heteroatoms. The van der Waals surface area contributed by atoms with Crippen molar-refractivity contribution >= 4 is 15.7 Å². The maximum atomic E-state index is 11.4. The molecule has 14 heavy (non-hydrogen) atoms. The number of rotatable bonds is 4. The third-order valence-corrected chi connectivity index (χ3v) is 3.37. The summed E-state index contributed by atoms with van der Waals surface area (Å²) >= 11 is 0. The van der Waals surface area contributed by atoms with Gasteiger partial charge in [0.1, 0.15) is 0 Å². The normalized spacial score (nSPS) is 11.5. The van der Waals surface area contributed by atoms with E-state index >= 15 is 0 Å². The highest BCUT2D eigenvalue weighted by molar-refractivity contribution is 7.91. The molecule has 0 radical (unpaired) electrons. The van der Waals surface area contributed by atoms with Crippen molar-refractivity contribution in [3.63, 3.8) is 0 Å². The van der Waals surface area contributed by atoms with Crippen molar-refractivity contribution in [3.8, 4) is 0 Å². The van der Waals surface area contributed by atoms with Crippen molar-refractivity contribution in [2.45, 2.75) is 18.4 Å². The lowest BCUT2D eigenvalue weighted by Gasteiger charge is -1.97. The molecule has 7 nitrogen and oxygen atoms in total. The number of sulfone groups is 1. The van der Waals surface area contributed by atoms with E-state index in [0.717, 1.165) is 6.33 Å². The molecular weight excluding hydrogens is 210 g/mol. The van der Waals surface area contributed by atoms with Crippen LogP contribution in [0.1, 0.15) is 13.3 Å². The largest absolute Gasteiger partial charge is 0.359 e. The Labute approximate surface area is 80.2 Å². The Morgan fingerprint density at radius 2 is 2.29 bits per heavy atom. The van der Waals surface area contributed by atoms with Crippen molar-refractivity contribution < 1.29 is 13.3 Å². The first kappa shape index (κ1) is 10.6. The van der Waals surface area contributed by atoms with Gasteiger partial charge in [0.2, 0.25) is 9.84 Å². The molecule has 1 rings (SSSR count). The third kappa shape index (κ3) is 1.90. The first-order chi connectivity index (χ1) is 6.49. The lowest BCUT2D eigenvalue weighted by molar-refractivity contribution is -0.392. The zero-order chi connectivity index (χ0) is 10.8. The number of nitro groups is 1. The zero-order valence-electron chi connectivity index (χ0n) is 7.43. The van der Waals surface area contributed by atoms with Crippen LogP contribution in [0.4, 0.5) is 5.82 Å². The second kappa shape index (κ2) is 3.74. The molecule has 0 spiro atoms. The maximum Gasteiger partial charge on any atom is 0.359 e. The predicted molar refractivity (Wildman–Crippen MR) is 47.6 cm³/mol. The first-order valence-corrected chi connectivity index (χ1v) is 5.54. The fraction of sp³-hybridized carbons (Fsp3) is 0.500. The fourth-order valence-corrected chi connectivity index (χ4v) is 2.37. The van der Waals surface area contributed by atoms with Gasteiger partial charge in [-0.1, -0.05) is 6.92 Å². The SMILES string of the molecule is CCCS(=O)(=O)c1nc[nH]c1[N+](=O)[O-]. The number of nitrogens with zero attached hydrogens (tertiary/aromatic N) is 2. The van der Waals surface area contributed by atoms with Crippen LogP contribution in [0, 0.1) is 10.1 Å². The molecule has 0 fully saturated rings. The van der Waals surface area contributed by atoms with Crippen LogP contribution in [-0.2, 0) is 9.84 Å². The third-order valence-electron chi connectivity index (χ3n) is 1.54. The van der Waals surface area contributed by atoms with Gasteiger partial charge in [-0.05, 0) is 11.3 Å². The summed E-state index contributed by atoms with van der Waals surface area (Å²) in [4.78, 5) is 15.2. The molecule has 0 saturated heterocycles. The highest BCUT2D eigenvalue weighted by Crippen LogP contribution is 2.19. The molecule has 1 N–H and O–H groups in total. The molecule has 0 saturated carbocycles. The van der Waals surface area contributed by atoms with Crippen molar-refractivity contribution in [2.24, 2.45) is 0 Å². The Kier molecular flexibility index (Phi) is 2.84. The molecule has 0 aliphatic carbocycles. The van der Waals surface area contributed by atoms with E-state index in [4.69, 9.17) is 0 Å². The molecule has 1 aromatic heterocycles. The van der Waals surface area contributed by atoms with E-state index in [0.29, 0.717) is 6.42 Å².